The number of thioether (sulfide) groups is 2. The average Bonchev–Trinajstić information content (AvgIpc) is 3.22. The molecule has 0 saturated heterocycles. The van der Waals surface area contributed by atoms with Crippen molar-refractivity contribution in [3.63, 3.8) is 0 Å². The number of nitrogens with one attached hydrogen (secondary N) is 1. The Labute approximate surface area is 176 Å². The second-order valence-corrected chi connectivity index (χ2v) is 8.36. The number of anilines is 1. The summed E-state index contributed by atoms with van der Waals surface area (Å²) < 4.78 is 6.87. The van der Waals surface area contributed by atoms with Crippen molar-refractivity contribution in [1.82, 2.24) is 9.55 Å². The third-order valence-corrected chi connectivity index (χ3v) is 6.41. The minimum absolute atomic E-state index is 0.100. The fraction of sp³-hybridized carbons (Fsp3) is 0.190. The molecular weight excluding hydrogens is 406 g/mol. The topological polar surface area (TPSA) is 73.2 Å². The molecule has 1 aliphatic rings. The van der Waals surface area contributed by atoms with Crippen LogP contribution >= 0.6 is 23.5 Å². The summed E-state index contributed by atoms with van der Waals surface area (Å²) in [5, 5.41) is 3.36. The highest BCUT2D eigenvalue weighted by Gasteiger charge is 2.23. The van der Waals surface area contributed by atoms with Crippen LogP contribution in [0.4, 0.5) is 5.69 Å². The molecule has 0 aliphatic carbocycles. The summed E-state index contributed by atoms with van der Waals surface area (Å²) in [5.41, 5.74) is 2.12. The number of para-hydroxylation sites is 1. The van der Waals surface area contributed by atoms with Gasteiger partial charge in [-0.1, -0.05) is 36.0 Å². The maximum absolute atomic E-state index is 13.2. The Morgan fingerprint density at radius 1 is 1.24 bits per heavy atom. The van der Waals surface area contributed by atoms with Crippen molar-refractivity contribution in [3.8, 4) is 11.4 Å². The number of hydrogen-bond donors (Lipinski definition) is 1. The highest BCUT2D eigenvalue weighted by Crippen LogP contribution is 2.30. The lowest BCUT2D eigenvalue weighted by molar-refractivity contribution is -0.113. The summed E-state index contributed by atoms with van der Waals surface area (Å²) >= 11 is 2.79. The zero-order valence-electron chi connectivity index (χ0n) is 15.8. The SMILES string of the molecule is COc1cccc(-n2c(SCC(=O)Nc3ccccc3)nc3c(c2=O)SCC3)c1. The van der Waals surface area contributed by atoms with Crippen LogP contribution in [0.1, 0.15) is 5.69 Å². The number of aromatic nitrogens is 2. The van der Waals surface area contributed by atoms with E-state index in [9.17, 15) is 9.59 Å². The van der Waals surface area contributed by atoms with E-state index < -0.39 is 0 Å². The van der Waals surface area contributed by atoms with Gasteiger partial charge >= 0.3 is 0 Å². The molecule has 8 heteroatoms. The second-order valence-electron chi connectivity index (χ2n) is 6.31. The molecule has 1 amide bonds. The molecule has 0 unspecified atom stereocenters. The molecule has 0 saturated carbocycles. The molecule has 4 rings (SSSR count). The number of fused-ring (bicyclic) bond motifs is 1. The van der Waals surface area contributed by atoms with Gasteiger partial charge in [-0.3, -0.25) is 14.2 Å². The summed E-state index contributed by atoms with van der Waals surface area (Å²) in [6, 6.07) is 16.6. The first-order chi connectivity index (χ1) is 14.2. The Morgan fingerprint density at radius 3 is 2.86 bits per heavy atom. The van der Waals surface area contributed by atoms with Crippen molar-refractivity contribution < 1.29 is 9.53 Å². The van der Waals surface area contributed by atoms with Gasteiger partial charge in [0.2, 0.25) is 5.91 Å². The number of amides is 1. The third-order valence-electron chi connectivity index (χ3n) is 4.37. The standard InChI is InChI=1S/C21H19N3O3S2/c1-27-16-9-5-8-15(12-16)24-20(26)19-17(10-11-28-19)23-21(24)29-13-18(25)22-14-6-3-2-4-7-14/h2-9,12H,10-11,13H2,1H3,(H,22,25). The van der Waals surface area contributed by atoms with Gasteiger partial charge in [-0.15, -0.1) is 11.8 Å². The van der Waals surface area contributed by atoms with Gasteiger partial charge < -0.3 is 10.1 Å². The van der Waals surface area contributed by atoms with Crippen molar-refractivity contribution in [2.45, 2.75) is 16.5 Å². The van der Waals surface area contributed by atoms with Crippen LogP contribution < -0.4 is 15.6 Å². The predicted molar refractivity (Wildman–Crippen MR) is 117 cm³/mol. The van der Waals surface area contributed by atoms with E-state index in [-0.39, 0.29) is 17.2 Å². The third kappa shape index (κ3) is 4.33. The highest BCUT2D eigenvalue weighted by molar-refractivity contribution is 8.00. The van der Waals surface area contributed by atoms with E-state index in [0.717, 1.165) is 23.6 Å². The maximum atomic E-state index is 13.2. The summed E-state index contributed by atoms with van der Waals surface area (Å²) in [5.74, 6) is 1.50. The quantitative estimate of drug-likeness (QED) is 0.480. The van der Waals surface area contributed by atoms with Crippen LogP contribution in [0.25, 0.3) is 5.69 Å². The van der Waals surface area contributed by atoms with Gasteiger partial charge in [-0.05, 0) is 24.3 Å². The Hall–Kier alpha value is -2.71. The van der Waals surface area contributed by atoms with Gasteiger partial charge in [0, 0.05) is 23.9 Å². The molecule has 0 bridgehead atoms. The van der Waals surface area contributed by atoms with Crippen LogP contribution in [-0.2, 0) is 11.2 Å². The fourth-order valence-electron chi connectivity index (χ4n) is 3.02. The minimum atomic E-state index is -0.150. The zero-order chi connectivity index (χ0) is 20.2. The van der Waals surface area contributed by atoms with Crippen LogP contribution in [0.15, 0.2) is 69.4 Å². The molecule has 29 heavy (non-hydrogen) atoms. The summed E-state index contributed by atoms with van der Waals surface area (Å²) in [6.07, 6.45) is 0.762. The molecule has 6 nitrogen and oxygen atoms in total. The second kappa shape index (κ2) is 8.75. The first-order valence-electron chi connectivity index (χ1n) is 9.06. The Kier molecular flexibility index (Phi) is 5.92. The smallest absolute Gasteiger partial charge is 0.272 e. The van der Waals surface area contributed by atoms with E-state index in [0.29, 0.717) is 21.5 Å². The number of carbonyl (C=O) groups is 1. The number of nitrogens with zero attached hydrogens (tertiary/aromatic N) is 2. The van der Waals surface area contributed by atoms with Crippen LogP contribution in [0.5, 0.6) is 5.75 Å². The molecule has 2 aromatic carbocycles. The lowest BCUT2D eigenvalue weighted by Crippen LogP contribution is -2.24. The van der Waals surface area contributed by atoms with Gasteiger partial charge in [0.1, 0.15) is 5.75 Å². The van der Waals surface area contributed by atoms with Crippen LogP contribution in [0.2, 0.25) is 0 Å². The van der Waals surface area contributed by atoms with Crippen molar-refractivity contribution >= 4 is 35.1 Å². The first-order valence-corrected chi connectivity index (χ1v) is 11.0. The lowest BCUT2D eigenvalue weighted by atomic mass is 10.3. The van der Waals surface area contributed by atoms with Gasteiger partial charge in [0.25, 0.3) is 5.56 Å². The highest BCUT2D eigenvalue weighted by atomic mass is 32.2. The molecule has 2 heterocycles. The largest absolute Gasteiger partial charge is 0.497 e. The van der Waals surface area contributed by atoms with Crippen molar-refractivity contribution in [2.24, 2.45) is 0 Å². The molecule has 0 spiro atoms. The monoisotopic (exact) mass is 425 g/mol. The lowest BCUT2D eigenvalue weighted by Gasteiger charge is -2.14. The zero-order valence-corrected chi connectivity index (χ0v) is 17.4. The van der Waals surface area contributed by atoms with E-state index >= 15 is 0 Å². The fourth-order valence-corrected chi connectivity index (χ4v) is 4.87. The van der Waals surface area contributed by atoms with Crippen molar-refractivity contribution in [2.75, 3.05) is 23.9 Å². The van der Waals surface area contributed by atoms with E-state index in [4.69, 9.17) is 9.72 Å². The molecule has 3 aromatic rings. The number of benzene rings is 2. The van der Waals surface area contributed by atoms with Gasteiger partial charge in [-0.2, -0.15) is 0 Å². The van der Waals surface area contributed by atoms with Gasteiger partial charge in [-0.25, -0.2) is 4.98 Å². The minimum Gasteiger partial charge on any atom is -0.497 e. The number of rotatable bonds is 6. The Bertz CT molecular complexity index is 1100. The molecule has 1 aliphatic heterocycles. The van der Waals surface area contributed by atoms with E-state index in [1.807, 2.05) is 48.5 Å². The van der Waals surface area contributed by atoms with Crippen LogP contribution in [-0.4, -0.2) is 34.1 Å². The molecule has 0 radical (unpaired) electrons. The number of carbonyl (C=O) groups excluding carboxylic acids is 1. The van der Waals surface area contributed by atoms with E-state index in [1.54, 1.807) is 17.7 Å². The van der Waals surface area contributed by atoms with E-state index in [1.165, 1.54) is 23.5 Å². The molecule has 1 aromatic heterocycles. The Morgan fingerprint density at radius 2 is 2.07 bits per heavy atom. The normalized spacial score (nSPS) is 12.4. The van der Waals surface area contributed by atoms with E-state index in [2.05, 4.69) is 5.32 Å². The number of aryl methyl sites for hydroxylation is 1. The maximum Gasteiger partial charge on any atom is 0.272 e. The molecule has 0 atom stereocenters. The summed E-state index contributed by atoms with van der Waals surface area (Å²) in [4.78, 5) is 30.9. The molecule has 1 N–H and O–H groups in total. The van der Waals surface area contributed by atoms with Gasteiger partial charge in [0.05, 0.1) is 29.1 Å². The van der Waals surface area contributed by atoms with Crippen LogP contribution in [0, 0.1) is 0 Å². The van der Waals surface area contributed by atoms with Crippen molar-refractivity contribution in [3.05, 3.63) is 70.6 Å². The number of methoxy groups -OCH3 is 1. The van der Waals surface area contributed by atoms with Crippen LogP contribution in [0.3, 0.4) is 0 Å². The number of ether oxygens (including phenoxy) is 1. The molecule has 148 valence electrons. The predicted octanol–water partition coefficient (Wildman–Crippen LogP) is 3.62. The average molecular weight is 426 g/mol. The Balaban J connectivity index is 1.64. The van der Waals surface area contributed by atoms with Gasteiger partial charge in [0.15, 0.2) is 5.16 Å². The molecular formula is C21H19N3O3S2. The molecule has 0 fully saturated rings. The number of hydrogen-bond acceptors (Lipinski definition) is 6. The first kappa shape index (κ1) is 19.6. The van der Waals surface area contributed by atoms with Crippen molar-refractivity contribution in [1.29, 1.82) is 0 Å². The summed E-state index contributed by atoms with van der Waals surface area (Å²) in [6.45, 7) is 0. The summed E-state index contributed by atoms with van der Waals surface area (Å²) in [7, 11) is 1.59.